The first kappa shape index (κ1) is 21.4. The molecule has 0 spiro atoms. The highest BCUT2D eigenvalue weighted by molar-refractivity contribution is 8.01. The summed E-state index contributed by atoms with van der Waals surface area (Å²) in [5.41, 5.74) is 1.58. The van der Waals surface area contributed by atoms with Crippen molar-refractivity contribution in [1.82, 2.24) is 24.4 Å². The summed E-state index contributed by atoms with van der Waals surface area (Å²) < 4.78 is 7.92. The summed E-state index contributed by atoms with van der Waals surface area (Å²) in [5.74, 6) is 0.527. The minimum absolute atomic E-state index is 0.0704. The van der Waals surface area contributed by atoms with Gasteiger partial charge in [-0.3, -0.25) is 14.5 Å². The van der Waals surface area contributed by atoms with Crippen LogP contribution in [0.4, 0.5) is 0 Å². The minimum atomic E-state index is -0.0704. The molecule has 0 saturated carbocycles. The van der Waals surface area contributed by atoms with Crippen molar-refractivity contribution in [3.05, 3.63) is 21.6 Å². The second kappa shape index (κ2) is 9.56. The summed E-state index contributed by atoms with van der Waals surface area (Å²) in [6.07, 6.45) is 7.88. The fourth-order valence-electron chi connectivity index (χ4n) is 4.66. The van der Waals surface area contributed by atoms with E-state index in [1.165, 1.54) is 40.5 Å². The average molecular weight is 464 g/mol. The van der Waals surface area contributed by atoms with Crippen molar-refractivity contribution in [3.63, 3.8) is 0 Å². The molecule has 5 heterocycles. The zero-order valence-electron chi connectivity index (χ0n) is 17.8. The number of aromatic nitrogens is 3. The molecule has 3 aliphatic heterocycles. The number of rotatable bonds is 5. The van der Waals surface area contributed by atoms with E-state index < -0.39 is 0 Å². The van der Waals surface area contributed by atoms with Crippen molar-refractivity contribution >= 4 is 34.0 Å². The lowest BCUT2D eigenvalue weighted by molar-refractivity contribution is -0.128. The van der Waals surface area contributed by atoms with E-state index in [9.17, 15) is 9.59 Å². The number of nitrogens with zero attached hydrogens (tertiary/aromatic N) is 5. The van der Waals surface area contributed by atoms with E-state index in [1.807, 2.05) is 4.90 Å². The van der Waals surface area contributed by atoms with Crippen LogP contribution in [0.25, 0.3) is 4.96 Å². The first-order valence-electron chi connectivity index (χ1n) is 11.3. The number of hydrogen-bond donors (Lipinski definition) is 0. The molecule has 0 aliphatic carbocycles. The molecule has 0 bridgehead atoms. The number of likely N-dealkylation sites (tertiary alicyclic amines) is 1. The van der Waals surface area contributed by atoms with Crippen LogP contribution in [0.3, 0.4) is 0 Å². The molecular formula is C21H29N5O3S2. The van der Waals surface area contributed by atoms with E-state index in [0.29, 0.717) is 17.3 Å². The number of carbonyl (C=O) groups is 1. The van der Waals surface area contributed by atoms with Crippen LogP contribution in [0, 0.1) is 0 Å². The summed E-state index contributed by atoms with van der Waals surface area (Å²) in [4.78, 5) is 35.3. The van der Waals surface area contributed by atoms with Crippen LogP contribution < -0.4 is 5.56 Å². The van der Waals surface area contributed by atoms with Gasteiger partial charge in [0.1, 0.15) is 0 Å². The Bertz CT molecular complexity index is 993. The minimum Gasteiger partial charge on any atom is -0.377 e. The molecule has 168 valence electrons. The Kier molecular flexibility index (Phi) is 6.59. The second-order valence-corrected chi connectivity index (χ2v) is 10.8. The maximum Gasteiger partial charge on any atom is 0.279 e. The van der Waals surface area contributed by atoms with Crippen molar-refractivity contribution in [2.24, 2.45) is 0 Å². The fraction of sp³-hybridized carbons (Fsp3) is 0.714. The SMILES string of the molecule is O=C(CSc1nn2c(=O)c3c(nc2s1)CCN(CC1CCCO1)C3)N1CCCCCC1. The third-order valence-electron chi connectivity index (χ3n) is 6.38. The van der Waals surface area contributed by atoms with Crippen LogP contribution >= 0.6 is 23.1 Å². The standard InChI is InChI=1S/C21H29N5O3S2/c27-18(25-8-3-1-2-4-9-25)14-30-21-23-26-19(28)16-13-24(12-15-6-5-11-29-15)10-7-17(16)22-20(26)31-21/h15H,1-14H2. The number of carbonyl (C=O) groups excluding carboxylic acids is 1. The Morgan fingerprint density at radius 1 is 1.16 bits per heavy atom. The lowest BCUT2D eigenvalue weighted by Crippen LogP contribution is -2.40. The normalized spacial score (nSPS) is 22.6. The van der Waals surface area contributed by atoms with E-state index in [4.69, 9.17) is 9.72 Å². The van der Waals surface area contributed by atoms with Crippen molar-refractivity contribution in [3.8, 4) is 0 Å². The first-order valence-corrected chi connectivity index (χ1v) is 13.1. The molecule has 1 amide bonds. The van der Waals surface area contributed by atoms with Crippen LogP contribution in [0.1, 0.15) is 49.8 Å². The third kappa shape index (κ3) is 4.81. The lowest BCUT2D eigenvalue weighted by atomic mass is 10.1. The van der Waals surface area contributed by atoms with Gasteiger partial charge in [0.25, 0.3) is 5.56 Å². The molecule has 2 aromatic rings. The number of fused-ring (bicyclic) bond motifs is 2. The largest absolute Gasteiger partial charge is 0.377 e. The molecule has 10 heteroatoms. The molecule has 1 unspecified atom stereocenters. The van der Waals surface area contributed by atoms with Gasteiger partial charge >= 0.3 is 0 Å². The highest BCUT2D eigenvalue weighted by Crippen LogP contribution is 2.26. The summed E-state index contributed by atoms with van der Waals surface area (Å²) in [6, 6.07) is 0. The lowest BCUT2D eigenvalue weighted by Gasteiger charge is -2.29. The van der Waals surface area contributed by atoms with Crippen molar-refractivity contribution in [1.29, 1.82) is 0 Å². The zero-order chi connectivity index (χ0) is 21.2. The Morgan fingerprint density at radius 3 is 2.77 bits per heavy atom. The topological polar surface area (TPSA) is 80.0 Å². The van der Waals surface area contributed by atoms with E-state index in [-0.39, 0.29) is 17.6 Å². The average Bonchev–Trinajstić information content (AvgIpc) is 3.35. The smallest absolute Gasteiger partial charge is 0.279 e. The van der Waals surface area contributed by atoms with E-state index >= 15 is 0 Å². The number of thioether (sulfide) groups is 1. The highest BCUT2D eigenvalue weighted by atomic mass is 32.2. The summed E-state index contributed by atoms with van der Waals surface area (Å²) in [5, 5.41) is 4.49. The van der Waals surface area contributed by atoms with Crippen LogP contribution in [-0.4, -0.2) is 74.9 Å². The highest BCUT2D eigenvalue weighted by Gasteiger charge is 2.26. The van der Waals surface area contributed by atoms with E-state index in [0.717, 1.165) is 80.5 Å². The molecule has 1 atom stereocenters. The van der Waals surface area contributed by atoms with Crippen LogP contribution in [0.15, 0.2) is 9.13 Å². The van der Waals surface area contributed by atoms with Gasteiger partial charge in [-0.05, 0) is 25.7 Å². The van der Waals surface area contributed by atoms with Crippen molar-refractivity contribution in [2.75, 3.05) is 38.5 Å². The maximum atomic E-state index is 13.1. The van der Waals surface area contributed by atoms with Gasteiger partial charge in [0.15, 0.2) is 4.34 Å². The van der Waals surface area contributed by atoms with Gasteiger partial charge in [0.2, 0.25) is 10.9 Å². The Labute approximate surface area is 190 Å². The predicted octanol–water partition coefficient (Wildman–Crippen LogP) is 2.18. The van der Waals surface area contributed by atoms with Gasteiger partial charge in [-0.2, -0.15) is 4.52 Å². The number of ether oxygens (including phenoxy) is 1. The molecule has 2 saturated heterocycles. The second-order valence-electron chi connectivity index (χ2n) is 8.61. The van der Waals surface area contributed by atoms with Gasteiger partial charge in [0, 0.05) is 45.8 Å². The Hall–Kier alpha value is -1.49. The number of hydrogen-bond acceptors (Lipinski definition) is 8. The van der Waals surface area contributed by atoms with Gasteiger partial charge in [-0.1, -0.05) is 35.9 Å². The molecular weight excluding hydrogens is 434 g/mol. The van der Waals surface area contributed by atoms with Gasteiger partial charge in [-0.15, -0.1) is 5.10 Å². The molecule has 2 fully saturated rings. The fourth-order valence-corrected chi connectivity index (χ4v) is 6.51. The molecule has 5 rings (SSSR count). The van der Waals surface area contributed by atoms with Crippen LogP contribution in [-0.2, 0) is 22.5 Å². The van der Waals surface area contributed by atoms with Crippen LogP contribution in [0.5, 0.6) is 0 Å². The van der Waals surface area contributed by atoms with E-state index in [1.54, 1.807) is 0 Å². The van der Waals surface area contributed by atoms with Gasteiger partial charge in [0.05, 0.1) is 23.1 Å². The van der Waals surface area contributed by atoms with Crippen LogP contribution in [0.2, 0.25) is 0 Å². The first-order chi connectivity index (χ1) is 15.2. The summed E-state index contributed by atoms with van der Waals surface area (Å²) in [7, 11) is 0. The molecule has 0 aromatic carbocycles. The van der Waals surface area contributed by atoms with E-state index in [2.05, 4.69) is 10.00 Å². The predicted molar refractivity (Wildman–Crippen MR) is 121 cm³/mol. The molecule has 0 radical (unpaired) electrons. The van der Waals surface area contributed by atoms with Crippen molar-refractivity contribution < 1.29 is 9.53 Å². The molecule has 2 aromatic heterocycles. The quantitative estimate of drug-likeness (QED) is 0.629. The molecule has 0 N–H and O–H groups in total. The number of amides is 1. The van der Waals surface area contributed by atoms with Gasteiger partial charge in [-0.25, -0.2) is 4.98 Å². The zero-order valence-corrected chi connectivity index (χ0v) is 19.4. The summed E-state index contributed by atoms with van der Waals surface area (Å²) in [6.45, 7) is 4.94. The van der Waals surface area contributed by atoms with Crippen molar-refractivity contribution in [2.45, 2.75) is 61.9 Å². The molecule has 31 heavy (non-hydrogen) atoms. The van der Waals surface area contributed by atoms with Gasteiger partial charge < -0.3 is 9.64 Å². The molecule has 3 aliphatic rings. The molecule has 8 nitrogen and oxygen atoms in total. The third-order valence-corrected chi connectivity index (χ3v) is 8.41. The maximum absolute atomic E-state index is 13.1. The Balaban J connectivity index is 1.27. The Morgan fingerprint density at radius 2 is 2.00 bits per heavy atom. The summed E-state index contributed by atoms with van der Waals surface area (Å²) >= 11 is 2.82. The monoisotopic (exact) mass is 463 g/mol.